The molecule has 0 bridgehead atoms. The highest BCUT2D eigenvalue weighted by Gasteiger charge is 2.19. The summed E-state index contributed by atoms with van der Waals surface area (Å²) < 4.78 is 11.2. The number of aliphatic carboxylic acids is 1. The maximum Gasteiger partial charge on any atom is 0.333 e. The molecule has 6 heteroatoms. The number of hydrogen-bond acceptors (Lipinski definition) is 3. The van der Waals surface area contributed by atoms with Crippen molar-refractivity contribution in [3.8, 4) is 17.0 Å². The van der Waals surface area contributed by atoms with Gasteiger partial charge in [-0.3, -0.25) is 0 Å². The maximum absolute atomic E-state index is 11.2. The predicted molar refractivity (Wildman–Crippen MR) is 118 cm³/mol. The van der Waals surface area contributed by atoms with E-state index in [1.165, 1.54) is 27.6 Å². The van der Waals surface area contributed by atoms with Gasteiger partial charge in [0.2, 0.25) is 0 Å². The number of aromatic nitrogens is 2. The Bertz CT molecular complexity index is 1120. The van der Waals surface area contributed by atoms with E-state index in [2.05, 4.69) is 28.3 Å². The smallest absolute Gasteiger partial charge is 0.333 e. The molecule has 1 unspecified atom stereocenters. The van der Waals surface area contributed by atoms with Gasteiger partial charge in [-0.2, -0.15) is 0 Å². The van der Waals surface area contributed by atoms with Crippen molar-refractivity contribution < 1.29 is 24.4 Å². The molecule has 0 saturated heterocycles. The minimum absolute atomic E-state index is 0.341. The van der Waals surface area contributed by atoms with E-state index in [1.54, 1.807) is 6.92 Å². The first-order valence-electron chi connectivity index (χ1n) is 10.6. The summed E-state index contributed by atoms with van der Waals surface area (Å²) in [4.78, 5) is 17.8. The zero-order valence-electron chi connectivity index (χ0n) is 17.6. The summed E-state index contributed by atoms with van der Waals surface area (Å²) in [5, 5.41) is 11.7. The van der Waals surface area contributed by atoms with Gasteiger partial charge in [-0.1, -0.05) is 18.2 Å². The van der Waals surface area contributed by atoms with Crippen LogP contribution >= 0.6 is 0 Å². The van der Waals surface area contributed by atoms with Crippen LogP contribution in [0.5, 0.6) is 5.75 Å². The fourth-order valence-electron chi connectivity index (χ4n) is 4.01. The first kappa shape index (κ1) is 20.9. The number of carboxylic acids is 1. The van der Waals surface area contributed by atoms with Crippen LogP contribution in [-0.4, -0.2) is 35.4 Å². The van der Waals surface area contributed by atoms with Crippen LogP contribution < -0.4 is 9.72 Å². The normalized spacial score (nSPS) is 12.3. The number of nitrogens with one attached hydrogen (secondary N) is 2. The molecule has 6 nitrogen and oxygen atoms in total. The standard InChI is InChI=1S/C25H26N2O4/c1-2-30-23(25(28)29)15-17-7-9-18(10-8-17)31-14-4-6-21-22-16-26-13-11-19(22)20-5-3-12-27-24(20)21/h3,5,7-13,16,23,27H,2,4,6,14-15H2,1H3,(H,28,29)/p+1. The van der Waals surface area contributed by atoms with Crippen LogP contribution in [0, 0.1) is 0 Å². The minimum Gasteiger partial charge on any atom is -0.494 e. The van der Waals surface area contributed by atoms with Crippen LogP contribution in [0.4, 0.5) is 0 Å². The molecule has 1 atom stereocenters. The molecule has 1 aromatic carbocycles. The number of H-pyrrole nitrogens is 2. The summed E-state index contributed by atoms with van der Waals surface area (Å²) in [6.07, 6.45) is 7.30. The zero-order chi connectivity index (χ0) is 21.6. The Balaban J connectivity index is 1.35. The van der Waals surface area contributed by atoms with E-state index in [0.29, 0.717) is 19.6 Å². The molecule has 0 saturated carbocycles. The SMILES string of the molecule is CCOC(Cc1ccc(OCCCc2c3[nH]cccc-3c3cc[nH+]cc23)cc1)C(=O)O. The number of hydrogen-bond donors (Lipinski definition) is 2. The van der Waals surface area contributed by atoms with E-state index in [4.69, 9.17) is 9.47 Å². The molecule has 0 radical (unpaired) electrons. The van der Waals surface area contributed by atoms with Gasteiger partial charge in [0, 0.05) is 36.2 Å². The highest BCUT2D eigenvalue weighted by atomic mass is 16.5. The van der Waals surface area contributed by atoms with Crippen LogP contribution in [0.2, 0.25) is 0 Å². The number of fused-ring (bicyclic) bond motifs is 3. The van der Waals surface area contributed by atoms with Crippen molar-refractivity contribution in [2.24, 2.45) is 0 Å². The number of aryl methyl sites for hydroxylation is 1. The summed E-state index contributed by atoms with van der Waals surface area (Å²) in [6, 6.07) is 13.9. The molecule has 0 amide bonds. The largest absolute Gasteiger partial charge is 0.494 e. The second-order valence-corrected chi connectivity index (χ2v) is 7.49. The first-order valence-corrected chi connectivity index (χ1v) is 10.6. The molecule has 1 aliphatic carbocycles. The highest BCUT2D eigenvalue weighted by Crippen LogP contribution is 2.37. The van der Waals surface area contributed by atoms with Crippen molar-refractivity contribution in [3.63, 3.8) is 0 Å². The number of rotatable bonds is 10. The van der Waals surface area contributed by atoms with Crippen molar-refractivity contribution in [2.45, 2.75) is 32.3 Å². The van der Waals surface area contributed by atoms with Gasteiger partial charge in [0.05, 0.1) is 17.7 Å². The topological polar surface area (TPSA) is 85.7 Å². The predicted octanol–water partition coefficient (Wildman–Crippen LogP) is 4.13. The quantitative estimate of drug-likeness (QED) is 0.379. The number of benzene rings is 1. The van der Waals surface area contributed by atoms with Gasteiger partial charge in [-0.25, -0.2) is 9.78 Å². The van der Waals surface area contributed by atoms with Gasteiger partial charge < -0.3 is 19.6 Å². The summed E-state index contributed by atoms with van der Waals surface area (Å²) in [5.74, 6) is -0.159. The average molecular weight is 420 g/mol. The third-order valence-electron chi connectivity index (χ3n) is 5.46. The van der Waals surface area contributed by atoms with Gasteiger partial charge >= 0.3 is 5.97 Å². The van der Waals surface area contributed by atoms with Gasteiger partial charge in [0.15, 0.2) is 18.5 Å². The lowest BCUT2D eigenvalue weighted by molar-refractivity contribution is -0.375. The highest BCUT2D eigenvalue weighted by molar-refractivity contribution is 6.03. The van der Waals surface area contributed by atoms with Crippen LogP contribution in [0.3, 0.4) is 0 Å². The van der Waals surface area contributed by atoms with Crippen LogP contribution in [-0.2, 0) is 22.4 Å². The molecule has 31 heavy (non-hydrogen) atoms. The van der Waals surface area contributed by atoms with E-state index >= 15 is 0 Å². The Kier molecular flexibility index (Phi) is 6.48. The summed E-state index contributed by atoms with van der Waals surface area (Å²) in [6.45, 7) is 2.78. The summed E-state index contributed by atoms with van der Waals surface area (Å²) in [5.41, 5.74) is 4.64. The van der Waals surface area contributed by atoms with E-state index < -0.39 is 12.1 Å². The lowest BCUT2D eigenvalue weighted by atomic mass is 10.1. The van der Waals surface area contributed by atoms with E-state index in [1.807, 2.05) is 42.7 Å². The van der Waals surface area contributed by atoms with Gasteiger partial charge in [0.1, 0.15) is 5.75 Å². The second-order valence-electron chi connectivity index (χ2n) is 7.49. The van der Waals surface area contributed by atoms with Gasteiger partial charge in [-0.15, -0.1) is 0 Å². The molecule has 2 heterocycles. The van der Waals surface area contributed by atoms with Gasteiger partial charge in [0.25, 0.3) is 0 Å². The Morgan fingerprint density at radius 3 is 2.77 bits per heavy atom. The number of aromatic amines is 2. The molecule has 0 spiro atoms. The average Bonchev–Trinajstić information content (AvgIpc) is 3.11. The van der Waals surface area contributed by atoms with Crippen LogP contribution in [0.15, 0.2) is 61.1 Å². The molecule has 0 fully saturated rings. The van der Waals surface area contributed by atoms with Crippen molar-refractivity contribution in [2.75, 3.05) is 13.2 Å². The summed E-state index contributed by atoms with van der Waals surface area (Å²) >= 11 is 0. The number of carbonyl (C=O) groups is 1. The Morgan fingerprint density at radius 2 is 2.00 bits per heavy atom. The number of carboxylic acid groups (broad SMARTS) is 1. The Hall–Kier alpha value is -3.38. The lowest BCUT2D eigenvalue weighted by Crippen LogP contribution is -2.26. The van der Waals surface area contributed by atoms with Crippen molar-refractivity contribution in [1.82, 2.24) is 4.98 Å². The van der Waals surface area contributed by atoms with Gasteiger partial charge in [-0.05, 0) is 49.1 Å². The molecule has 1 aromatic heterocycles. The minimum atomic E-state index is -0.940. The number of pyridine rings is 2. The first-order chi connectivity index (χ1) is 15.2. The van der Waals surface area contributed by atoms with E-state index in [-0.39, 0.29) is 0 Å². The molecule has 160 valence electrons. The summed E-state index contributed by atoms with van der Waals surface area (Å²) in [7, 11) is 0. The number of ether oxygens (including phenoxy) is 2. The molecular formula is C25H27N2O4+. The monoisotopic (exact) mass is 419 g/mol. The lowest BCUT2D eigenvalue weighted by Gasteiger charge is -2.13. The second kappa shape index (κ2) is 9.62. The van der Waals surface area contributed by atoms with Crippen LogP contribution in [0.25, 0.3) is 22.0 Å². The van der Waals surface area contributed by atoms with Crippen molar-refractivity contribution in [1.29, 1.82) is 0 Å². The Morgan fingerprint density at radius 1 is 1.16 bits per heavy atom. The molecule has 1 aliphatic heterocycles. The van der Waals surface area contributed by atoms with Crippen LogP contribution in [0.1, 0.15) is 24.5 Å². The molecular weight excluding hydrogens is 392 g/mol. The molecule has 2 aliphatic rings. The molecule has 2 aromatic rings. The fraction of sp³-hybridized carbons (Fsp3) is 0.280. The third kappa shape index (κ3) is 4.70. The maximum atomic E-state index is 11.2. The fourth-order valence-corrected chi connectivity index (χ4v) is 4.01. The van der Waals surface area contributed by atoms with E-state index in [9.17, 15) is 9.90 Å². The molecule has 4 rings (SSSR count). The van der Waals surface area contributed by atoms with E-state index in [0.717, 1.165) is 24.2 Å². The Labute approximate surface area is 181 Å². The molecule has 3 N–H and O–H groups in total. The zero-order valence-corrected chi connectivity index (χ0v) is 17.6. The third-order valence-corrected chi connectivity index (χ3v) is 5.46. The van der Waals surface area contributed by atoms with Crippen molar-refractivity contribution >= 4 is 16.7 Å². The van der Waals surface area contributed by atoms with Crippen molar-refractivity contribution in [3.05, 3.63) is 72.2 Å².